The predicted molar refractivity (Wildman–Crippen MR) is 82.4 cm³/mol. The molecule has 2 aromatic rings. The van der Waals surface area contributed by atoms with Crippen molar-refractivity contribution in [3.63, 3.8) is 0 Å². The molecule has 0 spiro atoms. The second-order valence-corrected chi connectivity index (χ2v) is 5.85. The summed E-state index contributed by atoms with van der Waals surface area (Å²) < 4.78 is 19.4. The predicted octanol–water partition coefficient (Wildman–Crippen LogP) is 3.70. The fourth-order valence-electron chi connectivity index (χ4n) is 3.04. The molecule has 1 atom stereocenters. The summed E-state index contributed by atoms with van der Waals surface area (Å²) in [6.07, 6.45) is 1.41. The Bertz CT molecular complexity index is 661. The second kappa shape index (κ2) is 5.66. The number of ether oxygens (including phenoxy) is 1. The van der Waals surface area contributed by atoms with Crippen molar-refractivity contribution in [1.82, 2.24) is 0 Å². The minimum atomic E-state index is -0.387. The molecule has 0 radical (unpaired) electrons. The first-order chi connectivity index (χ1) is 10.2. The number of fused-ring (bicyclic) bond motifs is 1. The molecule has 4 heteroatoms. The van der Waals surface area contributed by atoms with E-state index in [-0.39, 0.29) is 16.3 Å². The third-order valence-corrected chi connectivity index (χ3v) is 4.67. The van der Waals surface area contributed by atoms with Crippen LogP contribution >= 0.6 is 11.6 Å². The third kappa shape index (κ3) is 2.52. The van der Waals surface area contributed by atoms with Crippen molar-refractivity contribution in [1.29, 1.82) is 0 Å². The number of para-hydroxylation sites is 1. The number of hydrogen-bond donors (Lipinski definition) is 1. The molecule has 2 N–H and O–H groups in total. The Morgan fingerprint density at radius 2 is 2.00 bits per heavy atom. The van der Waals surface area contributed by atoms with E-state index in [0.29, 0.717) is 19.6 Å². The molecule has 2 nitrogen and oxygen atoms in total. The second-order valence-electron chi connectivity index (χ2n) is 5.47. The summed E-state index contributed by atoms with van der Waals surface area (Å²) >= 11 is 6.11. The number of benzene rings is 2. The first-order valence-corrected chi connectivity index (χ1v) is 7.39. The van der Waals surface area contributed by atoms with Gasteiger partial charge in [-0.1, -0.05) is 41.9 Å². The van der Waals surface area contributed by atoms with E-state index in [1.54, 1.807) is 6.07 Å². The Labute approximate surface area is 128 Å². The highest BCUT2D eigenvalue weighted by atomic mass is 35.5. The number of rotatable bonds is 3. The molecule has 1 aliphatic heterocycles. The van der Waals surface area contributed by atoms with Crippen molar-refractivity contribution in [2.24, 2.45) is 5.73 Å². The lowest BCUT2D eigenvalue weighted by Gasteiger charge is -2.38. The van der Waals surface area contributed by atoms with Gasteiger partial charge >= 0.3 is 0 Å². The van der Waals surface area contributed by atoms with E-state index in [1.165, 1.54) is 6.07 Å². The van der Waals surface area contributed by atoms with Crippen LogP contribution in [0.2, 0.25) is 5.02 Å². The largest absolute Gasteiger partial charge is 0.493 e. The van der Waals surface area contributed by atoms with Crippen LogP contribution in [0.5, 0.6) is 5.75 Å². The molecule has 0 aliphatic carbocycles. The third-order valence-electron chi connectivity index (χ3n) is 4.25. The van der Waals surface area contributed by atoms with E-state index in [1.807, 2.05) is 30.3 Å². The monoisotopic (exact) mass is 305 g/mol. The Kier molecular flexibility index (Phi) is 3.87. The van der Waals surface area contributed by atoms with E-state index in [4.69, 9.17) is 22.1 Å². The van der Waals surface area contributed by atoms with E-state index >= 15 is 0 Å². The van der Waals surface area contributed by atoms with Crippen molar-refractivity contribution in [3.05, 3.63) is 64.4 Å². The molecule has 1 unspecified atom stereocenters. The Morgan fingerprint density at radius 1 is 1.19 bits per heavy atom. The standard InChI is InChI=1S/C17H17ClFNO/c18-16-12(4-3-6-14(16)19)10-17(11-20)8-9-21-15-7-2-1-5-13(15)17/h1-7H,8-11,20H2. The van der Waals surface area contributed by atoms with Gasteiger partial charge in [0.15, 0.2) is 0 Å². The highest BCUT2D eigenvalue weighted by molar-refractivity contribution is 6.31. The molecule has 0 bridgehead atoms. The van der Waals surface area contributed by atoms with E-state index in [9.17, 15) is 4.39 Å². The summed E-state index contributed by atoms with van der Waals surface area (Å²) in [6, 6.07) is 12.8. The van der Waals surface area contributed by atoms with Crippen LogP contribution in [0, 0.1) is 5.82 Å². The number of hydrogen-bond acceptors (Lipinski definition) is 2. The maximum Gasteiger partial charge on any atom is 0.142 e. The minimum absolute atomic E-state index is 0.189. The molecule has 110 valence electrons. The molecule has 0 amide bonds. The van der Waals surface area contributed by atoms with Crippen LogP contribution in [0.1, 0.15) is 17.5 Å². The summed E-state index contributed by atoms with van der Waals surface area (Å²) in [4.78, 5) is 0. The van der Waals surface area contributed by atoms with E-state index < -0.39 is 0 Å². The van der Waals surface area contributed by atoms with Crippen LogP contribution in [0.15, 0.2) is 42.5 Å². The molecule has 3 rings (SSSR count). The molecule has 0 fully saturated rings. The van der Waals surface area contributed by atoms with Crippen LogP contribution in [-0.2, 0) is 11.8 Å². The average molecular weight is 306 g/mol. The van der Waals surface area contributed by atoms with Gasteiger partial charge in [0, 0.05) is 17.5 Å². The zero-order valence-electron chi connectivity index (χ0n) is 11.6. The van der Waals surface area contributed by atoms with Gasteiger partial charge in [-0.25, -0.2) is 4.39 Å². The van der Waals surface area contributed by atoms with Crippen LogP contribution in [0.4, 0.5) is 4.39 Å². The Hall–Kier alpha value is -1.58. The lowest BCUT2D eigenvalue weighted by Crippen LogP contribution is -2.41. The lowest BCUT2D eigenvalue weighted by molar-refractivity contribution is 0.215. The zero-order valence-corrected chi connectivity index (χ0v) is 12.4. The molecular weight excluding hydrogens is 289 g/mol. The Balaban J connectivity index is 2.04. The van der Waals surface area contributed by atoms with Gasteiger partial charge in [-0.2, -0.15) is 0 Å². The van der Waals surface area contributed by atoms with Crippen LogP contribution in [0.25, 0.3) is 0 Å². The van der Waals surface area contributed by atoms with Crippen molar-refractivity contribution in [3.8, 4) is 5.75 Å². The van der Waals surface area contributed by atoms with Gasteiger partial charge in [0.05, 0.1) is 11.6 Å². The quantitative estimate of drug-likeness (QED) is 0.938. The zero-order chi connectivity index (χ0) is 14.9. The van der Waals surface area contributed by atoms with Gasteiger partial charge in [0.1, 0.15) is 11.6 Å². The maximum absolute atomic E-state index is 13.7. The van der Waals surface area contributed by atoms with Crippen molar-refractivity contribution in [2.45, 2.75) is 18.3 Å². The topological polar surface area (TPSA) is 35.2 Å². The first kappa shape index (κ1) is 14.4. The van der Waals surface area contributed by atoms with Gasteiger partial charge < -0.3 is 10.5 Å². The molecule has 0 saturated carbocycles. The van der Waals surface area contributed by atoms with Gasteiger partial charge in [-0.05, 0) is 30.5 Å². The highest BCUT2D eigenvalue weighted by Gasteiger charge is 2.37. The lowest BCUT2D eigenvalue weighted by atomic mass is 9.72. The number of halogens is 2. The first-order valence-electron chi connectivity index (χ1n) is 7.01. The number of nitrogens with two attached hydrogens (primary N) is 1. The molecule has 1 aliphatic rings. The normalized spacial score (nSPS) is 20.7. The Morgan fingerprint density at radius 3 is 2.81 bits per heavy atom. The molecular formula is C17H17ClFNO. The molecule has 0 aromatic heterocycles. The van der Waals surface area contributed by atoms with E-state index in [2.05, 4.69) is 0 Å². The summed E-state index contributed by atoms with van der Waals surface area (Å²) in [5, 5.41) is 0.189. The summed E-state index contributed by atoms with van der Waals surface area (Å²) in [6.45, 7) is 1.08. The molecule has 21 heavy (non-hydrogen) atoms. The van der Waals surface area contributed by atoms with Crippen LogP contribution < -0.4 is 10.5 Å². The smallest absolute Gasteiger partial charge is 0.142 e. The van der Waals surface area contributed by atoms with Crippen molar-refractivity contribution >= 4 is 11.6 Å². The molecule has 0 saturated heterocycles. The minimum Gasteiger partial charge on any atom is -0.493 e. The summed E-state index contributed by atoms with van der Waals surface area (Å²) in [5.41, 5.74) is 7.71. The fourth-order valence-corrected chi connectivity index (χ4v) is 3.23. The molecule has 1 heterocycles. The summed E-state index contributed by atoms with van der Waals surface area (Å²) in [7, 11) is 0. The van der Waals surface area contributed by atoms with Gasteiger partial charge in [-0.3, -0.25) is 0 Å². The summed E-state index contributed by atoms with van der Waals surface area (Å²) in [5.74, 6) is 0.475. The fraction of sp³-hybridized carbons (Fsp3) is 0.294. The maximum atomic E-state index is 13.7. The van der Waals surface area contributed by atoms with Crippen molar-refractivity contribution < 1.29 is 9.13 Å². The SMILES string of the molecule is NCC1(Cc2cccc(F)c2Cl)CCOc2ccccc21. The van der Waals surface area contributed by atoms with Gasteiger partial charge in [-0.15, -0.1) is 0 Å². The van der Waals surface area contributed by atoms with Gasteiger partial charge in [0.25, 0.3) is 0 Å². The van der Waals surface area contributed by atoms with E-state index in [0.717, 1.165) is 23.3 Å². The highest BCUT2D eigenvalue weighted by Crippen LogP contribution is 2.41. The van der Waals surface area contributed by atoms with Crippen LogP contribution in [-0.4, -0.2) is 13.2 Å². The van der Waals surface area contributed by atoms with Crippen molar-refractivity contribution in [2.75, 3.05) is 13.2 Å². The van der Waals surface area contributed by atoms with Crippen LogP contribution in [0.3, 0.4) is 0 Å². The average Bonchev–Trinajstić information content (AvgIpc) is 2.52. The molecule has 2 aromatic carbocycles. The van der Waals surface area contributed by atoms with Gasteiger partial charge in [0.2, 0.25) is 0 Å².